The minimum atomic E-state index is 0.866. The third kappa shape index (κ3) is 5.11. The highest BCUT2D eigenvalue weighted by molar-refractivity contribution is 9.11. The van der Waals surface area contributed by atoms with Crippen LogP contribution in [0.4, 0.5) is 0 Å². The molecule has 15 heavy (non-hydrogen) atoms. The highest BCUT2D eigenvalue weighted by Gasteiger charge is 2.01. The Balaban J connectivity index is 2.10. The maximum absolute atomic E-state index is 4.99. The van der Waals surface area contributed by atoms with Crippen molar-refractivity contribution in [2.24, 2.45) is 0 Å². The number of ether oxygens (including phenoxy) is 1. The van der Waals surface area contributed by atoms with Gasteiger partial charge in [-0.25, -0.2) is 0 Å². The molecule has 2 nitrogen and oxygen atoms in total. The quantitative estimate of drug-likeness (QED) is 0.778. The molecule has 0 saturated heterocycles. The molecule has 0 radical (unpaired) electrons. The summed E-state index contributed by atoms with van der Waals surface area (Å²) >= 11 is 5.35. The van der Waals surface area contributed by atoms with Crippen LogP contribution in [0.2, 0.25) is 0 Å². The van der Waals surface area contributed by atoms with Crippen molar-refractivity contribution in [1.82, 2.24) is 5.32 Å². The summed E-state index contributed by atoms with van der Waals surface area (Å²) in [5.74, 6) is 0. The molecule has 0 unspecified atom stereocenters. The van der Waals surface area contributed by atoms with Gasteiger partial charge in [-0.1, -0.05) is 0 Å². The van der Waals surface area contributed by atoms with E-state index in [1.807, 2.05) is 11.3 Å². The predicted octanol–water partition coefficient (Wildman–Crippen LogP) is 3.34. The molecule has 4 heteroatoms. The Morgan fingerprint density at radius 1 is 1.47 bits per heavy atom. The molecule has 0 spiro atoms. The van der Waals surface area contributed by atoms with E-state index in [0.717, 1.165) is 26.1 Å². The van der Waals surface area contributed by atoms with Crippen LogP contribution in [-0.2, 0) is 11.3 Å². The van der Waals surface area contributed by atoms with Crippen molar-refractivity contribution in [3.8, 4) is 0 Å². The molecular weight excluding hydrogens is 274 g/mol. The predicted molar refractivity (Wildman–Crippen MR) is 69.6 cm³/mol. The van der Waals surface area contributed by atoms with E-state index in [1.165, 1.54) is 20.6 Å². The average Bonchev–Trinajstić information content (AvgIpc) is 2.52. The van der Waals surface area contributed by atoms with Crippen LogP contribution < -0.4 is 5.32 Å². The first-order chi connectivity index (χ1) is 7.24. The molecule has 0 aliphatic heterocycles. The summed E-state index contributed by atoms with van der Waals surface area (Å²) in [7, 11) is 1.75. The number of thiophene rings is 1. The maximum atomic E-state index is 4.99. The van der Waals surface area contributed by atoms with E-state index in [2.05, 4.69) is 34.2 Å². The Kier molecular flexibility index (Phi) is 6.48. The first-order valence-corrected chi connectivity index (χ1v) is 6.79. The van der Waals surface area contributed by atoms with Gasteiger partial charge in [0.1, 0.15) is 0 Å². The van der Waals surface area contributed by atoms with Crippen LogP contribution in [0.15, 0.2) is 9.85 Å². The standard InChI is InChI=1S/C11H18BrNOS/c1-9-7-10(15-11(9)12)8-13-5-3-4-6-14-2/h7,13H,3-6,8H2,1-2H3. The average molecular weight is 292 g/mol. The summed E-state index contributed by atoms with van der Waals surface area (Å²) in [6.07, 6.45) is 2.32. The summed E-state index contributed by atoms with van der Waals surface area (Å²) in [6.45, 7) is 5.04. The molecule has 1 heterocycles. The van der Waals surface area contributed by atoms with Gasteiger partial charge in [0.05, 0.1) is 3.79 Å². The van der Waals surface area contributed by atoms with Crippen LogP contribution >= 0.6 is 27.3 Å². The SMILES string of the molecule is COCCCCNCc1cc(C)c(Br)s1. The monoisotopic (exact) mass is 291 g/mol. The van der Waals surface area contributed by atoms with Gasteiger partial charge in [-0.2, -0.15) is 0 Å². The third-order valence-corrected chi connectivity index (χ3v) is 4.30. The lowest BCUT2D eigenvalue weighted by Gasteiger charge is -2.02. The molecule has 0 aliphatic rings. The summed E-state index contributed by atoms with van der Waals surface area (Å²) in [5.41, 5.74) is 1.33. The number of halogens is 1. The summed E-state index contributed by atoms with van der Waals surface area (Å²) in [4.78, 5) is 1.39. The number of nitrogens with one attached hydrogen (secondary N) is 1. The molecule has 0 saturated carbocycles. The zero-order valence-electron chi connectivity index (χ0n) is 9.31. The Labute approximate surface area is 104 Å². The lowest BCUT2D eigenvalue weighted by molar-refractivity contribution is 0.192. The molecule has 0 aliphatic carbocycles. The fourth-order valence-corrected chi connectivity index (χ4v) is 2.92. The number of hydrogen-bond acceptors (Lipinski definition) is 3. The van der Waals surface area contributed by atoms with E-state index < -0.39 is 0 Å². The number of rotatable bonds is 7. The molecule has 0 amide bonds. The first-order valence-electron chi connectivity index (χ1n) is 5.18. The van der Waals surface area contributed by atoms with E-state index in [9.17, 15) is 0 Å². The Morgan fingerprint density at radius 2 is 2.27 bits per heavy atom. The van der Waals surface area contributed by atoms with Crippen LogP contribution in [0.3, 0.4) is 0 Å². The number of unbranched alkanes of at least 4 members (excludes halogenated alkanes) is 1. The highest BCUT2D eigenvalue weighted by atomic mass is 79.9. The molecule has 0 bridgehead atoms. The lowest BCUT2D eigenvalue weighted by Crippen LogP contribution is -2.14. The molecule has 86 valence electrons. The molecule has 1 aromatic rings. The third-order valence-electron chi connectivity index (χ3n) is 2.16. The van der Waals surface area contributed by atoms with E-state index in [0.29, 0.717) is 0 Å². The molecule has 1 rings (SSSR count). The van der Waals surface area contributed by atoms with Crippen molar-refractivity contribution in [2.45, 2.75) is 26.3 Å². The van der Waals surface area contributed by atoms with Gasteiger partial charge in [0.25, 0.3) is 0 Å². The number of hydrogen-bond donors (Lipinski definition) is 1. The fourth-order valence-electron chi connectivity index (χ4n) is 1.32. The minimum absolute atomic E-state index is 0.866. The number of aryl methyl sites for hydroxylation is 1. The Morgan fingerprint density at radius 3 is 2.87 bits per heavy atom. The van der Waals surface area contributed by atoms with Crippen LogP contribution in [0.1, 0.15) is 23.3 Å². The topological polar surface area (TPSA) is 21.3 Å². The minimum Gasteiger partial charge on any atom is -0.385 e. The molecule has 1 aromatic heterocycles. The maximum Gasteiger partial charge on any atom is 0.0730 e. The van der Waals surface area contributed by atoms with E-state index in [-0.39, 0.29) is 0 Å². The molecule has 0 aromatic carbocycles. The van der Waals surface area contributed by atoms with Gasteiger partial charge >= 0.3 is 0 Å². The van der Waals surface area contributed by atoms with Crippen molar-refractivity contribution >= 4 is 27.3 Å². The first kappa shape index (κ1) is 13.2. The van der Waals surface area contributed by atoms with E-state index in [4.69, 9.17) is 4.74 Å². The van der Waals surface area contributed by atoms with Gasteiger partial charge in [-0.3, -0.25) is 0 Å². The molecule has 0 atom stereocenters. The summed E-state index contributed by atoms with van der Waals surface area (Å²) in [6, 6.07) is 2.23. The van der Waals surface area contributed by atoms with Crippen LogP contribution in [0, 0.1) is 6.92 Å². The lowest BCUT2D eigenvalue weighted by atomic mass is 10.3. The second-order valence-electron chi connectivity index (χ2n) is 3.55. The van der Waals surface area contributed by atoms with Gasteiger partial charge in [0, 0.05) is 25.1 Å². The van der Waals surface area contributed by atoms with Crippen LogP contribution in [-0.4, -0.2) is 20.3 Å². The zero-order valence-corrected chi connectivity index (χ0v) is 11.7. The normalized spacial score (nSPS) is 10.9. The van der Waals surface area contributed by atoms with Gasteiger partial charge in [-0.05, 0) is 53.9 Å². The van der Waals surface area contributed by atoms with Crippen molar-refractivity contribution in [2.75, 3.05) is 20.3 Å². The second-order valence-corrected chi connectivity index (χ2v) is 6.00. The van der Waals surface area contributed by atoms with E-state index in [1.54, 1.807) is 7.11 Å². The molecular formula is C11H18BrNOS. The van der Waals surface area contributed by atoms with Crippen LogP contribution in [0.25, 0.3) is 0 Å². The van der Waals surface area contributed by atoms with E-state index >= 15 is 0 Å². The van der Waals surface area contributed by atoms with Gasteiger partial charge in [-0.15, -0.1) is 11.3 Å². The Bertz CT molecular complexity index is 269. The summed E-state index contributed by atoms with van der Waals surface area (Å²) < 4.78 is 6.24. The largest absolute Gasteiger partial charge is 0.385 e. The van der Waals surface area contributed by atoms with Crippen molar-refractivity contribution in [1.29, 1.82) is 0 Å². The van der Waals surface area contributed by atoms with Crippen molar-refractivity contribution in [3.63, 3.8) is 0 Å². The van der Waals surface area contributed by atoms with Crippen molar-refractivity contribution < 1.29 is 4.74 Å². The Hall–Kier alpha value is 0.1000. The van der Waals surface area contributed by atoms with Crippen molar-refractivity contribution in [3.05, 3.63) is 20.3 Å². The zero-order chi connectivity index (χ0) is 11.1. The van der Waals surface area contributed by atoms with Gasteiger partial charge < -0.3 is 10.1 Å². The summed E-state index contributed by atoms with van der Waals surface area (Å²) in [5, 5.41) is 3.44. The number of methoxy groups -OCH3 is 1. The molecule has 1 N–H and O–H groups in total. The highest BCUT2D eigenvalue weighted by Crippen LogP contribution is 2.26. The van der Waals surface area contributed by atoms with Gasteiger partial charge in [0.15, 0.2) is 0 Å². The smallest absolute Gasteiger partial charge is 0.0730 e. The molecule has 0 fully saturated rings. The van der Waals surface area contributed by atoms with Gasteiger partial charge in [0.2, 0.25) is 0 Å². The second kappa shape index (κ2) is 7.39. The fraction of sp³-hybridized carbons (Fsp3) is 0.636. The van der Waals surface area contributed by atoms with Crippen LogP contribution in [0.5, 0.6) is 0 Å².